The van der Waals surface area contributed by atoms with Gasteiger partial charge in [-0.25, -0.2) is 10.1 Å². The molecule has 11 nitrogen and oxygen atoms in total. The Kier molecular flexibility index (Phi) is 5.92. The third-order valence-corrected chi connectivity index (χ3v) is 2.45. The molecular formula is C12H11N5O6. The molecule has 0 bridgehead atoms. The van der Waals surface area contributed by atoms with Gasteiger partial charge in [0.05, 0.1) is 9.85 Å². The van der Waals surface area contributed by atoms with E-state index in [1.807, 2.05) is 5.43 Å². The van der Waals surface area contributed by atoms with Crippen LogP contribution in [0.1, 0.15) is 0 Å². The highest BCUT2D eigenvalue weighted by Gasteiger charge is 2.21. The number of hydrazine groups is 1. The number of hydrogen-bond donors (Lipinski definition) is 2. The SMILES string of the molecule is Nc1c([N+](=O)[O-])cccc1[N+](=O)[O-].O=[N+]([O-])Nc1ccccc1. The number of rotatable bonds is 4. The first kappa shape index (κ1) is 17.3. The summed E-state index contributed by atoms with van der Waals surface area (Å²) in [5.41, 5.74) is 6.40. The molecular weight excluding hydrogens is 310 g/mol. The number of anilines is 2. The second-order valence-electron chi connectivity index (χ2n) is 3.96. The number of nitro benzene ring substituents is 2. The molecule has 2 rings (SSSR count). The maximum atomic E-state index is 10.3. The van der Waals surface area contributed by atoms with Crippen LogP contribution in [0.15, 0.2) is 48.5 Å². The van der Waals surface area contributed by atoms with E-state index in [1.54, 1.807) is 30.3 Å². The molecule has 0 aromatic heterocycles. The van der Waals surface area contributed by atoms with Crippen molar-refractivity contribution < 1.29 is 14.9 Å². The molecule has 2 aromatic carbocycles. The van der Waals surface area contributed by atoms with E-state index in [-0.39, 0.29) is 0 Å². The van der Waals surface area contributed by atoms with Gasteiger partial charge < -0.3 is 5.73 Å². The number of nitrogens with zero attached hydrogens (tertiary/aromatic N) is 3. The van der Waals surface area contributed by atoms with Crippen LogP contribution in [0, 0.1) is 30.3 Å². The standard InChI is InChI=1S/C6H5N3O4.C6H6N2O2/c7-6-4(8(10)11)2-1-3-5(6)9(12)13;9-8(10)7-6-4-2-1-3-5-6/h1-3H,7H2;1-5,7H. The minimum absolute atomic E-state index is 0.419. The Morgan fingerprint density at radius 3 is 1.65 bits per heavy atom. The van der Waals surface area contributed by atoms with Crippen LogP contribution in [0.3, 0.4) is 0 Å². The summed E-state index contributed by atoms with van der Waals surface area (Å²) in [6.45, 7) is 0. The third kappa shape index (κ3) is 5.26. The van der Waals surface area contributed by atoms with Gasteiger partial charge in [0.15, 0.2) is 10.7 Å². The molecule has 0 aliphatic carbocycles. The number of nitrogens with two attached hydrogens (primary N) is 1. The van der Waals surface area contributed by atoms with Crippen LogP contribution in [0.4, 0.5) is 22.7 Å². The van der Waals surface area contributed by atoms with E-state index >= 15 is 0 Å². The lowest BCUT2D eigenvalue weighted by Gasteiger charge is -1.96. The molecule has 3 N–H and O–H groups in total. The Labute approximate surface area is 128 Å². The van der Waals surface area contributed by atoms with E-state index in [2.05, 4.69) is 0 Å². The smallest absolute Gasteiger partial charge is 0.299 e. The fourth-order valence-corrected chi connectivity index (χ4v) is 1.48. The summed E-state index contributed by atoms with van der Waals surface area (Å²) in [5.74, 6) is 0. The minimum atomic E-state index is -0.762. The van der Waals surface area contributed by atoms with Gasteiger partial charge in [0.25, 0.3) is 11.4 Å². The zero-order chi connectivity index (χ0) is 17.4. The normalized spacial score (nSPS) is 9.22. The largest absolute Gasteiger partial charge is 0.388 e. The van der Waals surface area contributed by atoms with Crippen molar-refractivity contribution in [2.75, 3.05) is 11.2 Å². The van der Waals surface area contributed by atoms with Gasteiger partial charge in [-0.15, -0.1) is 5.43 Å². The Morgan fingerprint density at radius 1 is 0.783 bits per heavy atom. The van der Waals surface area contributed by atoms with Gasteiger partial charge in [-0.3, -0.25) is 20.2 Å². The molecule has 0 spiro atoms. The summed E-state index contributed by atoms with van der Waals surface area (Å²) in [6, 6.07) is 12.0. The number of nitro groups is 3. The van der Waals surface area contributed by atoms with Crippen LogP contribution in [-0.4, -0.2) is 14.9 Å². The maximum Gasteiger partial charge on any atom is 0.299 e. The zero-order valence-electron chi connectivity index (χ0n) is 11.5. The number of nitrogens with one attached hydrogen (secondary N) is 1. The van der Waals surface area contributed by atoms with Crippen molar-refractivity contribution in [2.45, 2.75) is 0 Å². The summed E-state index contributed by atoms with van der Waals surface area (Å²) >= 11 is 0. The first-order chi connectivity index (χ1) is 10.8. The summed E-state index contributed by atoms with van der Waals surface area (Å²) < 4.78 is 0. The lowest BCUT2D eigenvalue weighted by atomic mass is 10.2. The fraction of sp³-hybridized carbons (Fsp3) is 0. The van der Waals surface area contributed by atoms with Crippen LogP contribution >= 0.6 is 0 Å². The van der Waals surface area contributed by atoms with Gasteiger partial charge in [-0.05, 0) is 18.2 Å². The second-order valence-corrected chi connectivity index (χ2v) is 3.96. The average molecular weight is 321 g/mol. The predicted molar refractivity (Wildman–Crippen MR) is 81.2 cm³/mol. The third-order valence-electron chi connectivity index (χ3n) is 2.45. The lowest BCUT2D eigenvalue weighted by Crippen LogP contribution is -2.06. The molecule has 120 valence electrons. The molecule has 0 unspecified atom stereocenters. The van der Waals surface area contributed by atoms with Crippen molar-refractivity contribution in [1.29, 1.82) is 0 Å². The van der Waals surface area contributed by atoms with Crippen LogP contribution in [-0.2, 0) is 0 Å². The van der Waals surface area contributed by atoms with Crippen LogP contribution in [0.2, 0.25) is 0 Å². The molecule has 0 saturated heterocycles. The Morgan fingerprint density at radius 2 is 1.26 bits per heavy atom. The molecule has 0 aliphatic heterocycles. The monoisotopic (exact) mass is 321 g/mol. The Hall–Kier alpha value is -3.76. The van der Waals surface area contributed by atoms with E-state index in [1.165, 1.54) is 6.07 Å². The fourth-order valence-electron chi connectivity index (χ4n) is 1.48. The summed E-state index contributed by atoms with van der Waals surface area (Å²) in [6.07, 6.45) is 0. The second kappa shape index (κ2) is 7.87. The molecule has 0 atom stereocenters. The zero-order valence-corrected chi connectivity index (χ0v) is 11.5. The quantitative estimate of drug-likeness (QED) is 0.491. The van der Waals surface area contributed by atoms with E-state index in [9.17, 15) is 30.3 Å². The summed E-state index contributed by atoms with van der Waals surface area (Å²) in [7, 11) is 0. The van der Waals surface area contributed by atoms with Gasteiger partial charge >= 0.3 is 0 Å². The number of hydrogen-bond acceptors (Lipinski definition) is 7. The van der Waals surface area contributed by atoms with E-state index in [4.69, 9.17) is 5.73 Å². The van der Waals surface area contributed by atoms with Crippen molar-refractivity contribution in [1.82, 2.24) is 0 Å². The van der Waals surface area contributed by atoms with Crippen molar-refractivity contribution in [3.63, 3.8) is 0 Å². The molecule has 0 heterocycles. The van der Waals surface area contributed by atoms with Crippen molar-refractivity contribution in [2.24, 2.45) is 0 Å². The van der Waals surface area contributed by atoms with Crippen LogP contribution in [0.25, 0.3) is 0 Å². The van der Waals surface area contributed by atoms with Gasteiger partial charge in [-0.1, -0.05) is 18.2 Å². The van der Waals surface area contributed by atoms with E-state index < -0.39 is 31.9 Å². The Balaban J connectivity index is 0.000000238. The molecule has 23 heavy (non-hydrogen) atoms. The summed E-state index contributed by atoms with van der Waals surface area (Å²) in [5, 5.41) is 29.9. The van der Waals surface area contributed by atoms with Crippen LogP contribution in [0.5, 0.6) is 0 Å². The molecule has 0 radical (unpaired) electrons. The van der Waals surface area contributed by atoms with E-state index in [0.29, 0.717) is 5.69 Å². The average Bonchev–Trinajstić information content (AvgIpc) is 2.48. The lowest BCUT2D eigenvalue weighted by molar-refractivity contribution is -0.445. The number of nitrogen functional groups attached to an aromatic ring is 1. The van der Waals surface area contributed by atoms with Gasteiger partial charge in [0, 0.05) is 12.1 Å². The molecule has 2 aromatic rings. The highest BCUT2D eigenvalue weighted by atomic mass is 16.7. The highest BCUT2D eigenvalue weighted by molar-refractivity contribution is 5.70. The van der Waals surface area contributed by atoms with Crippen molar-refractivity contribution in [3.8, 4) is 0 Å². The van der Waals surface area contributed by atoms with Crippen LogP contribution < -0.4 is 11.2 Å². The minimum Gasteiger partial charge on any atom is -0.388 e. The van der Waals surface area contributed by atoms with E-state index in [0.717, 1.165) is 12.1 Å². The Bertz CT molecular complexity index is 689. The van der Waals surface area contributed by atoms with Gasteiger partial charge in [-0.2, -0.15) is 0 Å². The van der Waals surface area contributed by atoms with Gasteiger partial charge in [0.1, 0.15) is 5.69 Å². The first-order valence-corrected chi connectivity index (χ1v) is 5.96. The molecule has 0 aliphatic rings. The molecule has 0 amide bonds. The summed E-state index contributed by atoms with van der Waals surface area (Å²) in [4.78, 5) is 28.9. The van der Waals surface area contributed by atoms with Crippen molar-refractivity contribution in [3.05, 3.63) is 78.9 Å². The number of benzene rings is 2. The van der Waals surface area contributed by atoms with Crippen molar-refractivity contribution >= 4 is 22.7 Å². The molecule has 11 heteroatoms. The number of para-hydroxylation sites is 2. The first-order valence-electron chi connectivity index (χ1n) is 5.96. The maximum absolute atomic E-state index is 10.3. The molecule has 0 fully saturated rings. The molecule has 0 saturated carbocycles. The van der Waals surface area contributed by atoms with Gasteiger partial charge in [0.2, 0.25) is 0 Å². The topological polar surface area (TPSA) is 167 Å². The highest BCUT2D eigenvalue weighted by Crippen LogP contribution is 2.30. The predicted octanol–water partition coefficient (Wildman–Crippen LogP) is 2.38.